The van der Waals surface area contributed by atoms with Crippen molar-refractivity contribution in [1.82, 2.24) is 4.90 Å². The molecule has 1 aliphatic rings. The van der Waals surface area contributed by atoms with Crippen molar-refractivity contribution in [1.29, 1.82) is 0 Å². The maximum absolute atomic E-state index is 11.7. The van der Waals surface area contributed by atoms with E-state index in [9.17, 15) is 9.90 Å². The number of hydrogen-bond acceptors (Lipinski definition) is 5. The highest BCUT2D eigenvalue weighted by Crippen LogP contribution is 2.24. The first-order valence-electron chi connectivity index (χ1n) is 12.5. The van der Waals surface area contributed by atoms with E-state index in [1.54, 1.807) is 13.0 Å². The van der Waals surface area contributed by atoms with Crippen LogP contribution in [0, 0.1) is 0 Å². The van der Waals surface area contributed by atoms with Gasteiger partial charge in [-0.05, 0) is 74.4 Å². The summed E-state index contributed by atoms with van der Waals surface area (Å²) in [6.45, 7) is 8.21. The minimum absolute atomic E-state index is 0.205. The second kappa shape index (κ2) is 13.4. The van der Waals surface area contributed by atoms with E-state index in [1.807, 2.05) is 31.2 Å². The fraction of sp³-hybridized carbons (Fsp3) is 0.483. The Kier molecular flexibility index (Phi) is 10.3. The molecule has 34 heavy (non-hydrogen) atoms. The van der Waals surface area contributed by atoms with E-state index in [0.29, 0.717) is 19.2 Å². The molecule has 0 amide bonds. The van der Waals surface area contributed by atoms with Gasteiger partial charge >= 0.3 is 5.97 Å². The smallest absolute Gasteiger partial charge is 0.330 e. The number of β-amino-alcohol motifs (C(OH)–C–C–N with tert-alkyl or cyclic N) is 1. The summed E-state index contributed by atoms with van der Waals surface area (Å²) in [6.07, 6.45) is 6.86. The predicted octanol–water partition coefficient (Wildman–Crippen LogP) is 4.97. The van der Waals surface area contributed by atoms with Crippen molar-refractivity contribution in [2.45, 2.75) is 64.7 Å². The normalized spacial score (nSPS) is 18.3. The van der Waals surface area contributed by atoms with Crippen molar-refractivity contribution in [2.24, 2.45) is 0 Å². The number of benzene rings is 2. The van der Waals surface area contributed by atoms with Crippen LogP contribution in [0.5, 0.6) is 0 Å². The van der Waals surface area contributed by atoms with Gasteiger partial charge in [-0.1, -0.05) is 55.5 Å². The summed E-state index contributed by atoms with van der Waals surface area (Å²) >= 11 is 0. The fourth-order valence-electron chi connectivity index (χ4n) is 4.66. The summed E-state index contributed by atoms with van der Waals surface area (Å²) in [5.74, 6) is -0.358. The Balaban J connectivity index is 1.52. The molecule has 184 valence electrons. The van der Waals surface area contributed by atoms with Gasteiger partial charge in [0, 0.05) is 18.7 Å². The second-order valence-corrected chi connectivity index (χ2v) is 9.01. The first kappa shape index (κ1) is 26.1. The average Bonchev–Trinajstić information content (AvgIpc) is 3.27. The molecule has 0 spiro atoms. The largest absolute Gasteiger partial charge is 0.463 e. The number of rotatable bonds is 12. The molecule has 0 unspecified atom stereocenters. The van der Waals surface area contributed by atoms with Crippen LogP contribution in [0.15, 0.2) is 54.6 Å². The third kappa shape index (κ3) is 7.79. The maximum Gasteiger partial charge on any atom is 0.330 e. The number of esters is 1. The lowest BCUT2D eigenvalue weighted by Gasteiger charge is -2.27. The topological polar surface area (TPSA) is 59.0 Å². The lowest BCUT2D eigenvalue weighted by Crippen LogP contribution is -2.39. The highest BCUT2D eigenvalue weighted by molar-refractivity contribution is 5.87. The second-order valence-electron chi connectivity index (χ2n) is 9.01. The Morgan fingerprint density at radius 1 is 1.18 bits per heavy atom. The van der Waals surface area contributed by atoms with Crippen molar-refractivity contribution in [2.75, 3.05) is 26.3 Å². The number of carbonyl (C=O) groups excluding carboxylic acids is 1. The summed E-state index contributed by atoms with van der Waals surface area (Å²) in [6, 6.07) is 17.1. The van der Waals surface area contributed by atoms with Gasteiger partial charge in [0.2, 0.25) is 0 Å². The summed E-state index contributed by atoms with van der Waals surface area (Å²) in [7, 11) is 0. The number of nitrogens with zero attached hydrogens (tertiary/aromatic N) is 1. The van der Waals surface area contributed by atoms with Crippen LogP contribution >= 0.6 is 0 Å². The third-order valence-corrected chi connectivity index (χ3v) is 6.47. The zero-order valence-electron chi connectivity index (χ0n) is 20.8. The molecule has 2 aromatic carbocycles. The SMILES string of the molecule is CCOC(=O)/C=C/c1ccccc1[C@@H](C)OC[C@H](O)CN1CCC[C@H]1Cc1cccc(CC)c1. The number of ether oxygens (including phenoxy) is 2. The van der Waals surface area contributed by atoms with Crippen LogP contribution in [0.3, 0.4) is 0 Å². The van der Waals surface area contributed by atoms with E-state index in [2.05, 4.69) is 36.1 Å². The Labute approximate surface area is 204 Å². The molecule has 0 radical (unpaired) electrons. The van der Waals surface area contributed by atoms with Crippen LogP contribution in [-0.2, 0) is 27.1 Å². The zero-order valence-corrected chi connectivity index (χ0v) is 20.8. The van der Waals surface area contributed by atoms with Gasteiger partial charge in [-0.25, -0.2) is 4.79 Å². The van der Waals surface area contributed by atoms with Crippen LogP contribution in [0.4, 0.5) is 0 Å². The van der Waals surface area contributed by atoms with Crippen molar-refractivity contribution in [3.63, 3.8) is 0 Å². The van der Waals surface area contributed by atoms with Gasteiger partial charge in [0.1, 0.15) is 0 Å². The van der Waals surface area contributed by atoms with Gasteiger partial charge < -0.3 is 14.6 Å². The Morgan fingerprint density at radius 3 is 2.76 bits per heavy atom. The first-order valence-corrected chi connectivity index (χ1v) is 12.5. The molecule has 3 atom stereocenters. The van der Waals surface area contributed by atoms with Crippen LogP contribution in [0.1, 0.15) is 62.0 Å². The lowest BCUT2D eigenvalue weighted by atomic mass is 10.0. The van der Waals surface area contributed by atoms with Crippen molar-refractivity contribution in [3.05, 3.63) is 76.9 Å². The van der Waals surface area contributed by atoms with E-state index in [4.69, 9.17) is 9.47 Å². The van der Waals surface area contributed by atoms with E-state index in [0.717, 1.165) is 30.5 Å². The Bertz CT molecular complexity index is 941. The maximum atomic E-state index is 11.7. The van der Waals surface area contributed by atoms with E-state index >= 15 is 0 Å². The molecule has 2 aromatic rings. The molecule has 1 N–H and O–H groups in total. The predicted molar refractivity (Wildman–Crippen MR) is 137 cm³/mol. The van der Waals surface area contributed by atoms with Crippen LogP contribution in [0.25, 0.3) is 6.08 Å². The average molecular weight is 466 g/mol. The molecule has 0 aliphatic carbocycles. The van der Waals surface area contributed by atoms with Crippen molar-refractivity contribution >= 4 is 12.0 Å². The first-order chi connectivity index (χ1) is 16.5. The van der Waals surface area contributed by atoms with E-state index in [1.165, 1.54) is 30.0 Å². The van der Waals surface area contributed by atoms with Crippen LogP contribution < -0.4 is 0 Å². The summed E-state index contributed by atoms with van der Waals surface area (Å²) in [5.41, 5.74) is 4.64. The quantitative estimate of drug-likeness (QED) is 0.354. The van der Waals surface area contributed by atoms with Crippen molar-refractivity contribution in [3.8, 4) is 0 Å². The van der Waals surface area contributed by atoms with Gasteiger partial charge in [0.15, 0.2) is 0 Å². The summed E-state index contributed by atoms with van der Waals surface area (Å²) in [5, 5.41) is 10.7. The Hall–Kier alpha value is -2.47. The van der Waals surface area contributed by atoms with E-state index < -0.39 is 6.10 Å². The number of likely N-dealkylation sites (tertiary alicyclic amines) is 1. The molecule has 3 rings (SSSR count). The van der Waals surface area contributed by atoms with Gasteiger partial charge in [-0.15, -0.1) is 0 Å². The van der Waals surface area contributed by atoms with E-state index in [-0.39, 0.29) is 18.7 Å². The molecule has 1 fully saturated rings. The highest BCUT2D eigenvalue weighted by Gasteiger charge is 2.26. The highest BCUT2D eigenvalue weighted by atomic mass is 16.5. The number of aliphatic hydroxyl groups is 1. The number of hydrogen-bond donors (Lipinski definition) is 1. The molecule has 1 saturated heterocycles. The van der Waals surface area contributed by atoms with Gasteiger partial charge in [-0.3, -0.25) is 4.90 Å². The molecule has 5 nitrogen and oxygen atoms in total. The van der Waals surface area contributed by atoms with Crippen LogP contribution in [0.2, 0.25) is 0 Å². The van der Waals surface area contributed by atoms with Crippen LogP contribution in [-0.4, -0.2) is 54.4 Å². The standard InChI is InChI=1S/C29H39NO4/c1-4-23-10-8-11-24(18-23)19-26-13-9-17-30(26)20-27(31)21-34-22(3)28-14-7-6-12-25(28)15-16-29(32)33-5-2/h6-8,10-12,14-16,18,22,26-27,31H,4-5,9,13,17,19-21H2,1-3H3/b16-15+/t22-,26+,27-/m1/s1. The molecule has 1 aliphatic heterocycles. The van der Waals surface area contributed by atoms with Gasteiger partial charge in [0.25, 0.3) is 0 Å². The number of carbonyl (C=O) groups is 1. The zero-order chi connectivity index (χ0) is 24.3. The summed E-state index contributed by atoms with van der Waals surface area (Å²) < 4.78 is 11.0. The summed E-state index contributed by atoms with van der Waals surface area (Å²) in [4.78, 5) is 14.1. The third-order valence-electron chi connectivity index (χ3n) is 6.47. The minimum atomic E-state index is -0.549. The molecular weight excluding hydrogens is 426 g/mol. The fourth-order valence-corrected chi connectivity index (χ4v) is 4.66. The molecule has 0 aromatic heterocycles. The lowest BCUT2D eigenvalue weighted by molar-refractivity contribution is -0.137. The molecule has 1 heterocycles. The Morgan fingerprint density at radius 2 is 1.97 bits per heavy atom. The number of aliphatic hydroxyl groups excluding tert-OH is 1. The number of aryl methyl sites for hydroxylation is 1. The molecule has 0 saturated carbocycles. The molecule has 5 heteroatoms. The van der Waals surface area contributed by atoms with Crippen molar-refractivity contribution < 1.29 is 19.4 Å². The monoisotopic (exact) mass is 465 g/mol. The van der Waals surface area contributed by atoms with Gasteiger partial charge in [-0.2, -0.15) is 0 Å². The molecular formula is C29H39NO4. The minimum Gasteiger partial charge on any atom is -0.463 e. The molecule has 0 bridgehead atoms. The van der Waals surface area contributed by atoms with Gasteiger partial charge in [0.05, 0.1) is 25.4 Å².